The fraction of sp³-hybridized carbons (Fsp3) is 0.389. The Morgan fingerprint density at radius 3 is 2.89 bits per heavy atom. The molecule has 1 saturated carbocycles. The minimum absolute atomic E-state index is 0.126. The lowest BCUT2D eigenvalue weighted by atomic mass is 10.1. The highest BCUT2D eigenvalue weighted by molar-refractivity contribution is 7.21. The molecule has 7 nitrogen and oxygen atoms in total. The average Bonchev–Trinajstić information content (AvgIpc) is 3.26. The number of rotatable bonds is 5. The molecule has 5 N–H and O–H groups in total. The molecule has 1 aromatic carbocycles. The van der Waals surface area contributed by atoms with Crippen LogP contribution in [-0.2, 0) is 0 Å². The van der Waals surface area contributed by atoms with E-state index >= 15 is 0 Å². The average molecular weight is 405 g/mol. The minimum Gasteiger partial charge on any atom is -0.396 e. The van der Waals surface area contributed by atoms with Gasteiger partial charge in [-0.1, -0.05) is 11.6 Å². The number of nitrogen functional groups attached to an aromatic ring is 1. The van der Waals surface area contributed by atoms with Crippen molar-refractivity contribution in [1.82, 2.24) is 15.0 Å². The molecule has 2 atom stereocenters. The first-order valence-electron chi connectivity index (χ1n) is 8.86. The SMILES string of the molecule is CNc1ccc2sc(-c3c(Cl)nc(N)nc3N[C@H]3CC[C@@H](CO)C3)nc2c1. The Balaban J connectivity index is 1.73. The number of aliphatic hydroxyl groups is 1. The number of nitrogens with one attached hydrogen (secondary N) is 2. The summed E-state index contributed by atoms with van der Waals surface area (Å²) in [4.78, 5) is 13.3. The third kappa shape index (κ3) is 3.65. The highest BCUT2D eigenvalue weighted by Crippen LogP contribution is 2.39. The van der Waals surface area contributed by atoms with E-state index in [-0.39, 0.29) is 23.8 Å². The summed E-state index contributed by atoms with van der Waals surface area (Å²) >= 11 is 7.98. The first-order valence-corrected chi connectivity index (χ1v) is 10.1. The molecule has 3 aromatic rings. The van der Waals surface area contributed by atoms with Crippen LogP contribution in [0.25, 0.3) is 20.8 Å². The molecular weight excluding hydrogens is 384 g/mol. The van der Waals surface area contributed by atoms with E-state index in [0.717, 1.165) is 40.2 Å². The number of nitrogens with zero attached hydrogens (tertiary/aromatic N) is 3. The molecule has 142 valence electrons. The summed E-state index contributed by atoms with van der Waals surface area (Å²) in [5.74, 6) is 1.05. The second-order valence-corrected chi connectivity index (χ2v) is 8.14. The number of benzene rings is 1. The van der Waals surface area contributed by atoms with Crippen molar-refractivity contribution in [3.05, 3.63) is 23.4 Å². The number of thiazole rings is 1. The van der Waals surface area contributed by atoms with Crippen LogP contribution in [-0.4, -0.2) is 39.8 Å². The number of halogens is 1. The normalized spacial score (nSPS) is 19.5. The molecule has 27 heavy (non-hydrogen) atoms. The topological polar surface area (TPSA) is 109 Å². The molecular formula is C18H21ClN6OS. The van der Waals surface area contributed by atoms with Gasteiger partial charge in [-0.25, -0.2) is 9.97 Å². The Labute approximate surface area is 166 Å². The zero-order valence-electron chi connectivity index (χ0n) is 14.9. The Hall–Kier alpha value is -2.16. The summed E-state index contributed by atoms with van der Waals surface area (Å²) < 4.78 is 1.06. The fourth-order valence-corrected chi connectivity index (χ4v) is 4.81. The van der Waals surface area contributed by atoms with E-state index in [9.17, 15) is 5.11 Å². The molecule has 9 heteroatoms. The molecule has 1 fully saturated rings. The van der Waals surface area contributed by atoms with Crippen LogP contribution in [0.15, 0.2) is 18.2 Å². The molecule has 2 heterocycles. The number of hydrogen-bond acceptors (Lipinski definition) is 8. The van der Waals surface area contributed by atoms with Crippen LogP contribution in [0.5, 0.6) is 0 Å². The van der Waals surface area contributed by atoms with Crippen LogP contribution in [0.4, 0.5) is 17.5 Å². The maximum Gasteiger partial charge on any atom is 0.223 e. The number of hydrogen-bond donors (Lipinski definition) is 4. The van der Waals surface area contributed by atoms with Crippen LogP contribution in [0, 0.1) is 5.92 Å². The van der Waals surface area contributed by atoms with Crippen molar-refractivity contribution >= 4 is 50.6 Å². The van der Waals surface area contributed by atoms with Gasteiger partial charge in [0.2, 0.25) is 5.95 Å². The predicted octanol–water partition coefficient (Wildman–Crippen LogP) is 3.60. The van der Waals surface area contributed by atoms with Crippen molar-refractivity contribution < 1.29 is 5.11 Å². The van der Waals surface area contributed by atoms with Gasteiger partial charge in [0, 0.05) is 25.4 Å². The van der Waals surface area contributed by atoms with E-state index in [1.54, 1.807) is 11.3 Å². The third-order valence-corrected chi connectivity index (χ3v) is 6.24. The minimum atomic E-state index is 0.126. The maximum absolute atomic E-state index is 9.39. The lowest BCUT2D eigenvalue weighted by Gasteiger charge is -2.16. The van der Waals surface area contributed by atoms with Crippen molar-refractivity contribution in [1.29, 1.82) is 0 Å². The van der Waals surface area contributed by atoms with Gasteiger partial charge in [0.05, 0.1) is 15.8 Å². The van der Waals surface area contributed by atoms with E-state index < -0.39 is 0 Å². The van der Waals surface area contributed by atoms with Crippen molar-refractivity contribution in [2.45, 2.75) is 25.3 Å². The predicted molar refractivity (Wildman–Crippen MR) is 111 cm³/mol. The largest absolute Gasteiger partial charge is 0.396 e. The summed E-state index contributed by atoms with van der Waals surface area (Å²) in [6.45, 7) is 0.212. The monoisotopic (exact) mass is 404 g/mol. The summed E-state index contributed by atoms with van der Waals surface area (Å²) in [5.41, 5.74) is 8.40. The van der Waals surface area contributed by atoms with E-state index in [1.165, 1.54) is 0 Å². The van der Waals surface area contributed by atoms with Gasteiger partial charge in [0.15, 0.2) is 0 Å². The Morgan fingerprint density at radius 1 is 1.30 bits per heavy atom. The standard InChI is InChI=1S/C18H21ClN6OS/c1-21-10-4-5-13-12(7-10)23-17(27-13)14-15(19)24-18(20)25-16(14)22-11-3-2-9(6-11)8-26/h4-5,7,9,11,21,26H,2-3,6,8H2,1H3,(H3,20,22,24,25)/t9-,11+/m1/s1. The molecule has 4 rings (SSSR count). The lowest BCUT2D eigenvalue weighted by molar-refractivity contribution is 0.229. The van der Waals surface area contributed by atoms with Gasteiger partial charge in [-0.05, 0) is 43.4 Å². The molecule has 0 spiro atoms. The smallest absolute Gasteiger partial charge is 0.223 e. The van der Waals surface area contributed by atoms with E-state index in [1.807, 2.05) is 25.2 Å². The van der Waals surface area contributed by atoms with Gasteiger partial charge in [-0.2, -0.15) is 4.98 Å². The number of aliphatic hydroxyl groups excluding tert-OH is 1. The van der Waals surface area contributed by atoms with Crippen LogP contribution in [0.1, 0.15) is 19.3 Å². The number of anilines is 3. The number of nitrogens with two attached hydrogens (primary N) is 1. The van der Waals surface area contributed by atoms with Crippen LogP contribution < -0.4 is 16.4 Å². The van der Waals surface area contributed by atoms with Crippen LogP contribution in [0.2, 0.25) is 5.15 Å². The zero-order chi connectivity index (χ0) is 19.0. The molecule has 0 aliphatic heterocycles. The van der Waals surface area contributed by atoms with Crippen molar-refractivity contribution in [2.75, 3.05) is 30.0 Å². The molecule has 0 amide bonds. The summed E-state index contributed by atoms with van der Waals surface area (Å²) in [6, 6.07) is 6.26. The van der Waals surface area contributed by atoms with Gasteiger partial charge in [0.1, 0.15) is 16.0 Å². The Kier molecular flexibility index (Phi) is 5.03. The second-order valence-electron chi connectivity index (χ2n) is 6.75. The van der Waals surface area contributed by atoms with E-state index in [4.69, 9.17) is 22.3 Å². The zero-order valence-corrected chi connectivity index (χ0v) is 16.4. The van der Waals surface area contributed by atoms with Crippen LogP contribution >= 0.6 is 22.9 Å². The highest BCUT2D eigenvalue weighted by atomic mass is 35.5. The van der Waals surface area contributed by atoms with Gasteiger partial charge >= 0.3 is 0 Å². The molecule has 0 unspecified atom stereocenters. The Morgan fingerprint density at radius 2 is 2.15 bits per heavy atom. The molecule has 0 bridgehead atoms. The highest BCUT2D eigenvalue weighted by Gasteiger charge is 2.26. The molecule has 1 aliphatic rings. The second kappa shape index (κ2) is 7.46. The van der Waals surface area contributed by atoms with E-state index in [0.29, 0.717) is 17.3 Å². The van der Waals surface area contributed by atoms with Gasteiger partial charge < -0.3 is 21.5 Å². The lowest BCUT2D eigenvalue weighted by Crippen LogP contribution is -2.18. The maximum atomic E-state index is 9.39. The first-order chi connectivity index (χ1) is 13.1. The third-order valence-electron chi connectivity index (χ3n) is 4.91. The fourth-order valence-electron chi connectivity index (χ4n) is 3.50. The first kappa shape index (κ1) is 18.2. The quantitative estimate of drug-likeness (QED) is 0.481. The van der Waals surface area contributed by atoms with Crippen molar-refractivity contribution in [3.8, 4) is 10.6 Å². The Bertz CT molecular complexity index is 978. The molecule has 0 radical (unpaired) electrons. The molecule has 0 saturated heterocycles. The number of aromatic nitrogens is 3. The van der Waals surface area contributed by atoms with Gasteiger partial charge in [-0.15, -0.1) is 11.3 Å². The van der Waals surface area contributed by atoms with Gasteiger partial charge in [0.25, 0.3) is 0 Å². The van der Waals surface area contributed by atoms with E-state index in [2.05, 4.69) is 20.6 Å². The summed E-state index contributed by atoms with van der Waals surface area (Å²) in [7, 11) is 1.88. The molecule has 1 aliphatic carbocycles. The summed E-state index contributed by atoms with van der Waals surface area (Å²) in [5, 5.41) is 17.0. The van der Waals surface area contributed by atoms with Gasteiger partial charge in [-0.3, -0.25) is 0 Å². The van der Waals surface area contributed by atoms with Crippen LogP contribution in [0.3, 0.4) is 0 Å². The summed E-state index contributed by atoms with van der Waals surface area (Å²) in [6.07, 6.45) is 2.85. The number of fused-ring (bicyclic) bond motifs is 1. The van der Waals surface area contributed by atoms with Crippen molar-refractivity contribution in [3.63, 3.8) is 0 Å². The molecule has 2 aromatic heterocycles. The van der Waals surface area contributed by atoms with Crippen molar-refractivity contribution in [2.24, 2.45) is 5.92 Å².